The first-order valence-corrected chi connectivity index (χ1v) is 5.26. The largest absolute Gasteiger partial charge is 0.463 e. The van der Waals surface area contributed by atoms with E-state index in [2.05, 4.69) is 32.2 Å². The van der Waals surface area contributed by atoms with Crippen molar-refractivity contribution in [2.24, 2.45) is 0 Å². The van der Waals surface area contributed by atoms with Gasteiger partial charge in [0, 0.05) is 0 Å². The summed E-state index contributed by atoms with van der Waals surface area (Å²) in [6.07, 6.45) is 3.24. The van der Waals surface area contributed by atoms with Crippen molar-refractivity contribution < 1.29 is 14.1 Å². The summed E-state index contributed by atoms with van der Waals surface area (Å²) in [7, 11) is 0. The fraction of sp³-hybridized carbons (Fsp3) is 0. The maximum atomic E-state index is 5.31. The molecule has 6 nitrogen and oxygen atoms in total. The van der Waals surface area contributed by atoms with E-state index in [1.165, 1.54) is 0 Å². The molecule has 2 N–H and O–H groups in total. The summed E-state index contributed by atoms with van der Waals surface area (Å²) < 4.78 is 10.3. The second-order valence-electron chi connectivity index (χ2n) is 3.20. The first kappa shape index (κ1) is 9.91. The number of hydrogen-bond acceptors (Lipinski definition) is 5. The molecule has 3 rings (SSSR count). The highest BCUT2D eigenvalue weighted by Crippen LogP contribution is 2.24. The molecule has 0 bridgehead atoms. The van der Waals surface area contributed by atoms with Crippen LogP contribution in [-0.2, 0) is 0 Å². The summed E-state index contributed by atoms with van der Waals surface area (Å²) in [5.41, 5.74) is 3.10. The zero-order valence-corrected chi connectivity index (χ0v) is 9.32. The van der Waals surface area contributed by atoms with Crippen LogP contribution in [0.1, 0.15) is 0 Å². The number of imidazole rings is 1. The van der Waals surface area contributed by atoms with Crippen molar-refractivity contribution in [3.8, 4) is 17.5 Å². The van der Waals surface area contributed by atoms with Crippen LogP contribution in [0.25, 0.3) is 22.6 Å². The number of thiocarbonyl (C=S) groups is 1. The Bertz CT molecular complexity index is 662. The van der Waals surface area contributed by atoms with Crippen molar-refractivity contribution in [2.45, 2.75) is 0 Å². The maximum Gasteiger partial charge on any atom is 0.401 e. The number of H-pyrrole nitrogens is 2. The minimum atomic E-state index is 0.176. The van der Waals surface area contributed by atoms with Crippen molar-refractivity contribution in [1.82, 2.24) is 15.0 Å². The lowest BCUT2D eigenvalue weighted by Crippen LogP contribution is -2.02. The summed E-state index contributed by atoms with van der Waals surface area (Å²) in [6, 6.07) is 3.77. The molecule has 0 amide bonds. The quantitative estimate of drug-likeness (QED) is 0.707. The normalized spacial score (nSPS) is 10.6. The summed E-state index contributed by atoms with van der Waals surface area (Å²) in [6.45, 7) is 0. The first-order chi connectivity index (χ1) is 8.38. The molecule has 0 saturated carbocycles. The first-order valence-electron chi connectivity index (χ1n) is 4.79. The van der Waals surface area contributed by atoms with Gasteiger partial charge in [-0.2, -0.15) is 4.98 Å². The highest BCUT2D eigenvalue weighted by atomic mass is 32.1. The molecule has 0 aliphatic carbocycles. The van der Waals surface area contributed by atoms with Crippen LogP contribution >= 0.6 is 12.2 Å². The number of ether oxygens (including phenoxy) is 1. The smallest absolute Gasteiger partial charge is 0.401 e. The van der Waals surface area contributed by atoms with Crippen molar-refractivity contribution in [2.75, 3.05) is 0 Å². The molecule has 0 saturated heterocycles. The van der Waals surface area contributed by atoms with Gasteiger partial charge in [0.2, 0.25) is 5.52 Å². The maximum absolute atomic E-state index is 5.31. The predicted octanol–water partition coefficient (Wildman–Crippen LogP) is 1.37. The standard InChI is InChI=1S/C10H6N4O2S/c17-5-16-10-13-7(6-2-1-3-15-6)8-9(14-10)12-4-11-8/h1-5H,(H,11,12,13,14)/p+1. The molecule has 7 heteroatoms. The van der Waals surface area contributed by atoms with E-state index in [1.54, 1.807) is 18.7 Å². The van der Waals surface area contributed by atoms with Gasteiger partial charge in [-0.25, -0.2) is 4.98 Å². The third kappa shape index (κ3) is 1.66. The van der Waals surface area contributed by atoms with E-state index in [0.717, 1.165) is 11.1 Å². The lowest BCUT2D eigenvalue weighted by molar-refractivity contribution is -0.347. The SMILES string of the molecule is S=COc1nc(-c2ccco2)c2[nH]c[nH+]c2n1. The van der Waals surface area contributed by atoms with E-state index in [4.69, 9.17) is 9.15 Å². The molecule has 0 atom stereocenters. The Labute approximate surface area is 101 Å². The van der Waals surface area contributed by atoms with E-state index in [1.807, 2.05) is 6.07 Å². The highest BCUT2D eigenvalue weighted by molar-refractivity contribution is 7.78. The van der Waals surface area contributed by atoms with E-state index < -0.39 is 0 Å². The Kier molecular flexibility index (Phi) is 2.30. The average molecular weight is 247 g/mol. The minimum Gasteiger partial charge on any atom is -0.463 e. The van der Waals surface area contributed by atoms with Crippen LogP contribution in [0.3, 0.4) is 0 Å². The average Bonchev–Trinajstić information content (AvgIpc) is 2.99. The lowest BCUT2D eigenvalue weighted by Gasteiger charge is -1.96. The number of furan rings is 1. The van der Waals surface area contributed by atoms with Gasteiger partial charge in [0.25, 0.3) is 0 Å². The van der Waals surface area contributed by atoms with Crippen molar-refractivity contribution in [1.29, 1.82) is 0 Å². The summed E-state index contributed by atoms with van der Waals surface area (Å²) in [4.78, 5) is 14.3. The molecule has 17 heavy (non-hydrogen) atoms. The molecule has 0 aliphatic rings. The van der Waals surface area contributed by atoms with Gasteiger partial charge in [0.15, 0.2) is 23.3 Å². The Hall–Kier alpha value is -2.28. The lowest BCUT2D eigenvalue weighted by atomic mass is 10.3. The molecular weight excluding hydrogens is 240 g/mol. The molecule has 84 valence electrons. The van der Waals surface area contributed by atoms with Crippen LogP contribution in [0.4, 0.5) is 0 Å². The van der Waals surface area contributed by atoms with Gasteiger partial charge >= 0.3 is 11.7 Å². The topological polar surface area (TPSA) is 78.1 Å². The van der Waals surface area contributed by atoms with Gasteiger partial charge in [-0.1, -0.05) is 0 Å². The minimum absolute atomic E-state index is 0.176. The third-order valence-electron chi connectivity index (χ3n) is 2.22. The Morgan fingerprint density at radius 3 is 3.18 bits per heavy atom. The second-order valence-corrected chi connectivity index (χ2v) is 3.40. The fourth-order valence-corrected chi connectivity index (χ4v) is 1.63. The monoisotopic (exact) mass is 247 g/mol. The molecule has 0 radical (unpaired) electrons. The van der Waals surface area contributed by atoms with Gasteiger partial charge < -0.3 is 9.15 Å². The van der Waals surface area contributed by atoms with E-state index >= 15 is 0 Å². The van der Waals surface area contributed by atoms with Gasteiger partial charge in [0.1, 0.15) is 0 Å². The number of rotatable bonds is 3. The van der Waals surface area contributed by atoms with E-state index in [-0.39, 0.29) is 6.01 Å². The zero-order chi connectivity index (χ0) is 11.7. The van der Waals surface area contributed by atoms with Crippen LogP contribution in [0, 0.1) is 0 Å². The number of aromatic amines is 2. The van der Waals surface area contributed by atoms with Crippen molar-refractivity contribution in [3.05, 3.63) is 24.7 Å². The number of nitrogens with zero attached hydrogens (tertiary/aromatic N) is 2. The number of fused-ring (bicyclic) bond motifs is 1. The van der Waals surface area contributed by atoms with Gasteiger partial charge in [-0.3, -0.25) is 4.98 Å². The van der Waals surface area contributed by atoms with Gasteiger partial charge in [0.05, 0.1) is 6.26 Å². The molecule has 0 aromatic carbocycles. The van der Waals surface area contributed by atoms with Crippen molar-refractivity contribution >= 4 is 28.9 Å². The van der Waals surface area contributed by atoms with Crippen LogP contribution in [0.15, 0.2) is 29.1 Å². The number of aromatic nitrogens is 4. The summed E-state index contributed by atoms with van der Waals surface area (Å²) >= 11 is 4.61. The molecule has 0 aliphatic heterocycles. The number of nitrogens with one attached hydrogen (secondary N) is 2. The fourth-order valence-electron chi connectivity index (χ4n) is 1.55. The summed E-state index contributed by atoms with van der Waals surface area (Å²) in [5.74, 6) is 0.627. The van der Waals surface area contributed by atoms with Crippen LogP contribution < -0.4 is 9.72 Å². The van der Waals surface area contributed by atoms with Crippen LogP contribution in [0.5, 0.6) is 6.01 Å². The molecule has 0 spiro atoms. The summed E-state index contributed by atoms with van der Waals surface area (Å²) in [5, 5.41) is 0. The molecular formula is C10H7N4O2S+. The van der Waals surface area contributed by atoms with E-state index in [0.29, 0.717) is 17.1 Å². The van der Waals surface area contributed by atoms with Crippen molar-refractivity contribution in [3.63, 3.8) is 0 Å². The molecule has 3 aromatic rings. The van der Waals surface area contributed by atoms with Crippen LogP contribution in [-0.4, -0.2) is 20.5 Å². The molecule has 3 aromatic heterocycles. The third-order valence-corrected chi connectivity index (χ3v) is 2.32. The van der Waals surface area contributed by atoms with E-state index in [9.17, 15) is 0 Å². The molecule has 0 unspecified atom stereocenters. The van der Waals surface area contributed by atoms with Crippen LogP contribution in [0.2, 0.25) is 0 Å². The van der Waals surface area contributed by atoms with Gasteiger partial charge in [-0.05, 0) is 29.3 Å². The number of hydrogen-bond donors (Lipinski definition) is 1. The Balaban J connectivity index is 2.27. The Morgan fingerprint density at radius 2 is 2.41 bits per heavy atom. The zero-order valence-electron chi connectivity index (χ0n) is 8.51. The molecule has 0 fully saturated rings. The van der Waals surface area contributed by atoms with Gasteiger partial charge in [-0.15, -0.1) is 0 Å². The second kappa shape index (κ2) is 3.95. The predicted molar refractivity (Wildman–Crippen MR) is 62.4 cm³/mol. The Morgan fingerprint density at radius 1 is 1.47 bits per heavy atom. The highest BCUT2D eigenvalue weighted by Gasteiger charge is 2.19. The molecule has 3 heterocycles.